The van der Waals surface area contributed by atoms with Crippen LogP contribution < -0.4 is 11.1 Å². The normalized spacial score (nSPS) is 14.2. The van der Waals surface area contributed by atoms with Gasteiger partial charge in [0.1, 0.15) is 21.6 Å². The van der Waals surface area contributed by atoms with Crippen LogP contribution in [-0.2, 0) is 0 Å². The molecule has 3 N–H and O–H groups in total. The van der Waals surface area contributed by atoms with Crippen LogP contribution in [0.25, 0.3) is 10.6 Å². The Morgan fingerprint density at radius 1 is 1.31 bits per heavy atom. The second-order valence-corrected chi connectivity index (χ2v) is 7.11. The lowest BCUT2D eigenvalue weighted by molar-refractivity contribution is 0.102. The summed E-state index contributed by atoms with van der Waals surface area (Å²) in [4.78, 5) is 16.5. The van der Waals surface area contributed by atoms with E-state index in [1.165, 1.54) is 12.5 Å². The number of nitrogens with two attached hydrogens (primary N) is 1. The fourth-order valence-corrected chi connectivity index (χ4v) is 3.62. The number of halogens is 2. The minimum absolute atomic E-state index is 0.0217. The van der Waals surface area contributed by atoms with Gasteiger partial charge in [0.25, 0.3) is 5.91 Å². The van der Waals surface area contributed by atoms with E-state index >= 15 is 0 Å². The molecule has 0 saturated heterocycles. The Kier molecular flexibility index (Phi) is 4.15. The van der Waals surface area contributed by atoms with E-state index in [0.717, 1.165) is 36.3 Å². The van der Waals surface area contributed by atoms with Gasteiger partial charge < -0.3 is 11.1 Å². The molecular weight excluding hydrogens is 360 g/mol. The summed E-state index contributed by atoms with van der Waals surface area (Å²) < 4.78 is 29.7. The summed E-state index contributed by atoms with van der Waals surface area (Å²) in [5.74, 6) is -2.06. The molecule has 1 fully saturated rings. The van der Waals surface area contributed by atoms with Gasteiger partial charge in [-0.15, -0.1) is 0 Å². The van der Waals surface area contributed by atoms with Gasteiger partial charge in [0.2, 0.25) is 0 Å². The van der Waals surface area contributed by atoms with Gasteiger partial charge in [-0.25, -0.2) is 13.8 Å². The van der Waals surface area contributed by atoms with Crippen molar-refractivity contribution in [3.63, 3.8) is 0 Å². The van der Waals surface area contributed by atoms with Crippen molar-refractivity contribution in [2.75, 3.05) is 11.1 Å². The molecule has 1 aliphatic rings. The van der Waals surface area contributed by atoms with Crippen molar-refractivity contribution in [1.82, 2.24) is 14.8 Å². The molecule has 0 aliphatic heterocycles. The average molecular weight is 375 g/mol. The van der Waals surface area contributed by atoms with Crippen LogP contribution in [0.1, 0.15) is 35.8 Å². The van der Waals surface area contributed by atoms with Gasteiger partial charge in [-0.1, -0.05) is 17.4 Å². The molecule has 0 spiro atoms. The van der Waals surface area contributed by atoms with Crippen LogP contribution in [0.3, 0.4) is 0 Å². The van der Waals surface area contributed by atoms with Crippen molar-refractivity contribution in [1.29, 1.82) is 0 Å². The van der Waals surface area contributed by atoms with Gasteiger partial charge in [0, 0.05) is 6.20 Å². The number of anilines is 2. The monoisotopic (exact) mass is 375 g/mol. The number of hydrogen-bond acceptors (Lipinski definition) is 5. The molecule has 6 nitrogen and oxygen atoms in total. The summed E-state index contributed by atoms with van der Waals surface area (Å²) in [5.41, 5.74) is 6.01. The number of nitrogen functional groups attached to an aromatic ring is 1. The second kappa shape index (κ2) is 6.49. The number of benzene rings is 1. The fourth-order valence-electron chi connectivity index (χ4n) is 2.75. The molecule has 2 aromatic heterocycles. The zero-order valence-corrected chi connectivity index (χ0v) is 14.4. The highest BCUT2D eigenvalue weighted by molar-refractivity contribution is 7.19. The van der Waals surface area contributed by atoms with Crippen LogP contribution in [0.4, 0.5) is 19.5 Å². The molecule has 4 rings (SSSR count). The Bertz CT molecular complexity index is 959. The number of thiazole rings is 1. The third-order valence-electron chi connectivity index (χ3n) is 4.35. The maximum Gasteiger partial charge on any atom is 0.277 e. The maximum absolute atomic E-state index is 13.9. The van der Waals surface area contributed by atoms with E-state index in [4.69, 9.17) is 5.73 Å². The Balaban J connectivity index is 1.57. The average Bonchev–Trinajstić information content (AvgIpc) is 3.12. The quantitative estimate of drug-likeness (QED) is 0.725. The van der Waals surface area contributed by atoms with Crippen LogP contribution in [0.5, 0.6) is 0 Å². The molecule has 2 heterocycles. The molecule has 1 amide bonds. The van der Waals surface area contributed by atoms with E-state index in [2.05, 4.69) is 15.4 Å². The molecule has 0 atom stereocenters. The molecule has 26 heavy (non-hydrogen) atoms. The number of nitrogens with one attached hydrogen (secondary N) is 1. The van der Waals surface area contributed by atoms with Crippen molar-refractivity contribution in [2.24, 2.45) is 0 Å². The summed E-state index contributed by atoms with van der Waals surface area (Å²) in [6.45, 7) is 0. The van der Waals surface area contributed by atoms with E-state index < -0.39 is 17.5 Å². The first-order valence-electron chi connectivity index (χ1n) is 8.09. The van der Waals surface area contributed by atoms with Gasteiger partial charge in [0.05, 0.1) is 23.5 Å². The highest BCUT2D eigenvalue weighted by Crippen LogP contribution is 2.34. The SMILES string of the molecule is Nc1sc(-c2c(F)cccc2F)nc1C(=O)Nc1cnn(C2CCC2)c1. The van der Waals surface area contributed by atoms with Gasteiger partial charge in [0.15, 0.2) is 5.69 Å². The van der Waals surface area contributed by atoms with Crippen LogP contribution in [-0.4, -0.2) is 20.7 Å². The van der Waals surface area contributed by atoms with E-state index in [1.807, 2.05) is 4.68 Å². The van der Waals surface area contributed by atoms with Gasteiger partial charge in [-0.2, -0.15) is 5.10 Å². The molecule has 0 radical (unpaired) electrons. The molecular formula is C17H15F2N5OS. The second-order valence-electron chi connectivity index (χ2n) is 6.08. The summed E-state index contributed by atoms with van der Waals surface area (Å²) in [5, 5.41) is 7.02. The van der Waals surface area contributed by atoms with E-state index in [0.29, 0.717) is 11.7 Å². The Labute approximate surface area is 151 Å². The van der Waals surface area contributed by atoms with Crippen molar-refractivity contribution in [2.45, 2.75) is 25.3 Å². The Morgan fingerprint density at radius 3 is 2.69 bits per heavy atom. The topological polar surface area (TPSA) is 85.8 Å². The Morgan fingerprint density at radius 2 is 2.04 bits per heavy atom. The molecule has 1 saturated carbocycles. The third-order valence-corrected chi connectivity index (χ3v) is 5.26. The van der Waals surface area contributed by atoms with E-state index in [-0.39, 0.29) is 21.3 Å². The number of nitrogens with zero attached hydrogens (tertiary/aromatic N) is 3. The minimum atomic E-state index is -0.757. The van der Waals surface area contributed by atoms with E-state index in [9.17, 15) is 13.6 Å². The highest BCUT2D eigenvalue weighted by Gasteiger charge is 2.23. The summed E-state index contributed by atoms with van der Waals surface area (Å²) in [6.07, 6.45) is 6.63. The van der Waals surface area contributed by atoms with Crippen LogP contribution >= 0.6 is 11.3 Å². The van der Waals surface area contributed by atoms with Crippen molar-refractivity contribution >= 4 is 27.9 Å². The third kappa shape index (κ3) is 2.94. The lowest BCUT2D eigenvalue weighted by atomic mass is 9.93. The number of amides is 1. The molecule has 1 aromatic carbocycles. The predicted molar refractivity (Wildman–Crippen MR) is 94.9 cm³/mol. The summed E-state index contributed by atoms with van der Waals surface area (Å²) >= 11 is 0.863. The molecule has 3 aromatic rings. The molecule has 0 bridgehead atoms. The lowest BCUT2D eigenvalue weighted by Crippen LogP contribution is -2.17. The largest absolute Gasteiger partial charge is 0.389 e. The number of rotatable bonds is 4. The highest BCUT2D eigenvalue weighted by atomic mass is 32.1. The number of carbonyl (C=O) groups excluding carboxylic acids is 1. The standard InChI is InChI=1S/C17H15F2N5OS/c18-11-5-2-6-12(19)13(11)17-23-14(15(20)26-17)16(25)22-9-7-21-24(8-9)10-3-1-4-10/h2,5-8,10H,1,3-4,20H2,(H,22,25). The number of carbonyl (C=O) groups is 1. The van der Waals surface area contributed by atoms with Crippen LogP contribution in [0, 0.1) is 11.6 Å². The van der Waals surface area contributed by atoms with Crippen LogP contribution in [0.15, 0.2) is 30.6 Å². The van der Waals surface area contributed by atoms with Crippen molar-refractivity contribution < 1.29 is 13.6 Å². The predicted octanol–water partition coefficient (Wildman–Crippen LogP) is 3.84. The molecule has 1 aliphatic carbocycles. The first-order valence-corrected chi connectivity index (χ1v) is 8.91. The smallest absolute Gasteiger partial charge is 0.277 e. The molecule has 134 valence electrons. The zero-order valence-electron chi connectivity index (χ0n) is 13.6. The summed E-state index contributed by atoms with van der Waals surface area (Å²) in [7, 11) is 0. The number of aromatic nitrogens is 3. The van der Waals surface area contributed by atoms with Gasteiger partial charge >= 0.3 is 0 Å². The van der Waals surface area contributed by atoms with Crippen LogP contribution in [0.2, 0.25) is 0 Å². The Hall–Kier alpha value is -2.81. The fraction of sp³-hybridized carbons (Fsp3) is 0.235. The van der Waals surface area contributed by atoms with Crippen molar-refractivity contribution in [3.05, 3.63) is 47.9 Å². The maximum atomic E-state index is 13.9. The zero-order chi connectivity index (χ0) is 18.3. The van der Waals surface area contributed by atoms with E-state index in [1.54, 1.807) is 12.4 Å². The minimum Gasteiger partial charge on any atom is -0.389 e. The lowest BCUT2D eigenvalue weighted by Gasteiger charge is -2.25. The molecule has 9 heteroatoms. The van der Waals surface area contributed by atoms with Gasteiger partial charge in [-0.05, 0) is 31.4 Å². The molecule has 0 unspecified atom stereocenters. The van der Waals surface area contributed by atoms with Gasteiger partial charge in [-0.3, -0.25) is 9.48 Å². The summed E-state index contributed by atoms with van der Waals surface area (Å²) in [6, 6.07) is 3.90. The first kappa shape index (κ1) is 16.6. The first-order chi connectivity index (χ1) is 12.5. The van der Waals surface area contributed by atoms with Crippen molar-refractivity contribution in [3.8, 4) is 10.6 Å². The number of hydrogen-bond donors (Lipinski definition) is 2.